The van der Waals surface area contributed by atoms with Gasteiger partial charge < -0.3 is 15.0 Å². The molecule has 0 aliphatic heterocycles. The SMILES string of the molecule is CCN(C(=O)c1cc(NCCc2cccc(OC)c2)ccn1)c1ccccc1. The summed E-state index contributed by atoms with van der Waals surface area (Å²) >= 11 is 0. The van der Waals surface area contributed by atoms with E-state index in [0.29, 0.717) is 12.2 Å². The van der Waals surface area contributed by atoms with Crippen molar-refractivity contribution in [2.24, 2.45) is 0 Å². The zero-order valence-corrected chi connectivity index (χ0v) is 16.3. The summed E-state index contributed by atoms with van der Waals surface area (Å²) in [5, 5.41) is 3.37. The first-order valence-corrected chi connectivity index (χ1v) is 9.41. The third kappa shape index (κ3) is 4.88. The van der Waals surface area contributed by atoms with E-state index in [-0.39, 0.29) is 5.91 Å². The van der Waals surface area contributed by atoms with Crippen molar-refractivity contribution in [3.05, 3.63) is 84.2 Å². The van der Waals surface area contributed by atoms with Crippen LogP contribution in [0.1, 0.15) is 23.0 Å². The largest absolute Gasteiger partial charge is 0.497 e. The van der Waals surface area contributed by atoms with Crippen molar-refractivity contribution in [1.29, 1.82) is 0 Å². The molecule has 2 aromatic carbocycles. The lowest BCUT2D eigenvalue weighted by molar-refractivity contribution is 0.0983. The Bertz CT molecular complexity index is 912. The van der Waals surface area contributed by atoms with Crippen LogP contribution in [0.25, 0.3) is 0 Å². The maximum absolute atomic E-state index is 12.9. The highest BCUT2D eigenvalue weighted by molar-refractivity contribution is 6.05. The van der Waals surface area contributed by atoms with Crippen LogP contribution >= 0.6 is 0 Å². The van der Waals surface area contributed by atoms with Gasteiger partial charge in [0.1, 0.15) is 11.4 Å². The lowest BCUT2D eigenvalue weighted by Crippen LogP contribution is -2.31. The van der Waals surface area contributed by atoms with Crippen LogP contribution in [0.3, 0.4) is 0 Å². The van der Waals surface area contributed by atoms with Crippen LogP contribution in [0.4, 0.5) is 11.4 Å². The predicted molar refractivity (Wildman–Crippen MR) is 113 cm³/mol. The number of rotatable bonds is 8. The van der Waals surface area contributed by atoms with Crippen molar-refractivity contribution in [3.63, 3.8) is 0 Å². The maximum Gasteiger partial charge on any atom is 0.276 e. The maximum atomic E-state index is 12.9. The third-order valence-electron chi connectivity index (χ3n) is 4.49. The molecule has 3 aromatic rings. The lowest BCUT2D eigenvalue weighted by Gasteiger charge is -2.20. The number of aromatic nitrogens is 1. The Balaban J connectivity index is 1.65. The highest BCUT2D eigenvalue weighted by atomic mass is 16.5. The van der Waals surface area contributed by atoms with Gasteiger partial charge >= 0.3 is 0 Å². The normalized spacial score (nSPS) is 10.4. The van der Waals surface area contributed by atoms with Gasteiger partial charge in [0.15, 0.2) is 0 Å². The highest BCUT2D eigenvalue weighted by Gasteiger charge is 2.17. The molecule has 28 heavy (non-hydrogen) atoms. The van der Waals surface area contributed by atoms with Gasteiger partial charge in [0, 0.05) is 30.7 Å². The number of hydrogen-bond acceptors (Lipinski definition) is 4. The van der Waals surface area contributed by atoms with Gasteiger partial charge in [-0.25, -0.2) is 0 Å². The molecule has 0 saturated carbocycles. The number of carbonyl (C=O) groups excluding carboxylic acids is 1. The molecule has 0 spiro atoms. The first-order chi connectivity index (χ1) is 13.7. The predicted octanol–water partition coefficient (Wildman–Crippen LogP) is 4.41. The monoisotopic (exact) mass is 375 g/mol. The summed E-state index contributed by atoms with van der Waals surface area (Å²) in [6.07, 6.45) is 2.52. The van der Waals surface area contributed by atoms with Crippen LogP contribution in [0.5, 0.6) is 5.75 Å². The number of carbonyl (C=O) groups is 1. The first-order valence-electron chi connectivity index (χ1n) is 9.41. The second kappa shape index (κ2) is 9.55. The van der Waals surface area contributed by atoms with Crippen LogP contribution in [0, 0.1) is 0 Å². The summed E-state index contributed by atoms with van der Waals surface area (Å²) in [4.78, 5) is 18.9. The number of para-hydroxylation sites is 1. The molecule has 0 fully saturated rings. The average Bonchev–Trinajstić information content (AvgIpc) is 2.75. The van der Waals surface area contributed by atoms with E-state index in [1.54, 1.807) is 24.3 Å². The molecule has 0 atom stereocenters. The third-order valence-corrected chi connectivity index (χ3v) is 4.49. The highest BCUT2D eigenvalue weighted by Crippen LogP contribution is 2.18. The summed E-state index contributed by atoms with van der Waals surface area (Å²) in [6, 6.07) is 21.4. The van der Waals surface area contributed by atoms with Gasteiger partial charge in [-0.05, 0) is 55.3 Å². The van der Waals surface area contributed by atoms with Crippen LogP contribution in [-0.2, 0) is 6.42 Å². The van der Waals surface area contributed by atoms with E-state index in [9.17, 15) is 4.79 Å². The minimum atomic E-state index is -0.106. The molecule has 0 radical (unpaired) electrons. The molecular formula is C23H25N3O2. The Morgan fingerprint density at radius 2 is 1.89 bits per heavy atom. The molecule has 0 saturated heterocycles. The van der Waals surface area contributed by atoms with Crippen LogP contribution in [-0.4, -0.2) is 31.1 Å². The van der Waals surface area contributed by atoms with E-state index in [2.05, 4.69) is 16.4 Å². The Kier molecular flexibility index (Phi) is 6.63. The molecule has 0 aliphatic carbocycles. The van der Waals surface area contributed by atoms with E-state index >= 15 is 0 Å². The van der Waals surface area contributed by atoms with Gasteiger partial charge in [0.25, 0.3) is 5.91 Å². The summed E-state index contributed by atoms with van der Waals surface area (Å²) < 4.78 is 5.26. The molecule has 5 heteroatoms. The summed E-state index contributed by atoms with van der Waals surface area (Å²) in [5.41, 5.74) is 3.37. The fourth-order valence-corrected chi connectivity index (χ4v) is 3.03. The molecular weight excluding hydrogens is 350 g/mol. The molecule has 144 valence electrons. The number of ether oxygens (including phenoxy) is 1. The number of hydrogen-bond donors (Lipinski definition) is 1. The average molecular weight is 375 g/mol. The molecule has 1 N–H and O–H groups in total. The zero-order valence-electron chi connectivity index (χ0n) is 16.3. The van der Waals surface area contributed by atoms with Crippen molar-refractivity contribution in [2.45, 2.75) is 13.3 Å². The minimum Gasteiger partial charge on any atom is -0.497 e. The number of nitrogens with one attached hydrogen (secondary N) is 1. The van der Waals surface area contributed by atoms with E-state index in [1.165, 1.54) is 5.56 Å². The summed E-state index contributed by atoms with van der Waals surface area (Å²) in [6.45, 7) is 3.29. The molecule has 3 rings (SSSR count). The van der Waals surface area contributed by atoms with Gasteiger partial charge in [0.05, 0.1) is 7.11 Å². The van der Waals surface area contributed by atoms with Crippen molar-refractivity contribution >= 4 is 17.3 Å². The Labute approximate surface area is 166 Å². The molecule has 0 unspecified atom stereocenters. The topological polar surface area (TPSA) is 54.5 Å². The van der Waals surface area contributed by atoms with Crippen molar-refractivity contribution in [1.82, 2.24) is 4.98 Å². The quantitative estimate of drug-likeness (QED) is 0.634. The number of anilines is 2. The summed E-state index contributed by atoms with van der Waals surface area (Å²) in [7, 11) is 1.67. The summed E-state index contributed by atoms with van der Waals surface area (Å²) in [5.74, 6) is 0.750. The number of amides is 1. The molecule has 0 aliphatic rings. The minimum absolute atomic E-state index is 0.106. The number of methoxy groups -OCH3 is 1. The fraction of sp³-hybridized carbons (Fsp3) is 0.217. The number of pyridine rings is 1. The molecule has 0 bridgehead atoms. The van der Waals surface area contributed by atoms with E-state index in [4.69, 9.17) is 4.74 Å². The first kappa shape index (κ1) is 19.4. The fourth-order valence-electron chi connectivity index (χ4n) is 3.03. The Hall–Kier alpha value is -3.34. The van der Waals surface area contributed by atoms with E-state index in [1.807, 2.05) is 61.5 Å². The van der Waals surface area contributed by atoms with Crippen LogP contribution < -0.4 is 15.0 Å². The standard InChI is InChI=1S/C23H25N3O2/c1-3-26(20-9-5-4-6-10-20)23(27)22-17-19(13-15-25-22)24-14-12-18-8-7-11-21(16-18)28-2/h4-11,13,15-17H,3,12,14H2,1-2H3,(H,24,25). The Morgan fingerprint density at radius 1 is 1.07 bits per heavy atom. The van der Waals surface area contributed by atoms with Gasteiger partial charge in [-0.3, -0.25) is 9.78 Å². The van der Waals surface area contributed by atoms with Crippen molar-refractivity contribution < 1.29 is 9.53 Å². The van der Waals surface area contributed by atoms with Crippen molar-refractivity contribution in [2.75, 3.05) is 30.4 Å². The van der Waals surface area contributed by atoms with Gasteiger partial charge in [-0.15, -0.1) is 0 Å². The second-order valence-electron chi connectivity index (χ2n) is 6.34. The lowest BCUT2D eigenvalue weighted by atomic mass is 10.1. The smallest absolute Gasteiger partial charge is 0.276 e. The van der Waals surface area contributed by atoms with Gasteiger partial charge in [-0.2, -0.15) is 0 Å². The number of nitrogens with zero attached hydrogens (tertiary/aromatic N) is 2. The van der Waals surface area contributed by atoms with Crippen LogP contribution in [0.15, 0.2) is 72.9 Å². The molecule has 5 nitrogen and oxygen atoms in total. The van der Waals surface area contributed by atoms with Gasteiger partial charge in [-0.1, -0.05) is 30.3 Å². The Morgan fingerprint density at radius 3 is 2.64 bits per heavy atom. The van der Waals surface area contributed by atoms with Gasteiger partial charge in [0.2, 0.25) is 0 Å². The molecule has 1 aromatic heterocycles. The molecule has 1 amide bonds. The number of benzene rings is 2. The second-order valence-corrected chi connectivity index (χ2v) is 6.34. The van der Waals surface area contributed by atoms with Crippen LogP contribution in [0.2, 0.25) is 0 Å². The van der Waals surface area contributed by atoms with E-state index < -0.39 is 0 Å². The zero-order chi connectivity index (χ0) is 19.8. The molecule has 1 heterocycles. The van der Waals surface area contributed by atoms with Crippen molar-refractivity contribution in [3.8, 4) is 5.75 Å². The van der Waals surface area contributed by atoms with E-state index in [0.717, 1.165) is 30.1 Å².